The third-order valence-electron chi connectivity index (χ3n) is 7.83. The molecule has 1 atom stereocenters. The molecule has 1 aromatic carbocycles. The first-order chi connectivity index (χ1) is 11.8. The van der Waals surface area contributed by atoms with Crippen molar-refractivity contribution < 1.29 is 0 Å². The van der Waals surface area contributed by atoms with Crippen LogP contribution in [0.25, 0.3) is 0 Å². The highest BCUT2D eigenvalue weighted by Crippen LogP contribution is 2.59. The quantitative estimate of drug-likeness (QED) is 0.531. The number of fused-ring (bicyclic) bond motifs is 1. The van der Waals surface area contributed by atoms with Crippen LogP contribution >= 0.6 is 0 Å². The molecular formula is C23H36Si. The average molecular weight is 341 g/mol. The lowest BCUT2D eigenvalue weighted by molar-refractivity contribution is 0.440. The van der Waals surface area contributed by atoms with Crippen molar-refractivity contribution in [3.05, 3.63) is 29.3 Å². The molecule has 0 radical (unpaired) electrons. The van der Waals surface area contributed by atoms with E-state index in [0.29, 0.717) is 0 Å². The third kappa shape index (κ3) is 2.45. The Morgan fingerprint density at radius 2 is 1.46 bits per heavy atom. The lowest BCUT2D eigenvalue weighted by Crippen LogP contribution is -2.70. The van der Waals surface area contributed by atoms with Crippen LogP contribution in [0.15, 0.2) is 18.2 Å². The van der Waals surface area contributed by atoms with E-state index in [1.54, 1.807) is 36.8 Å². The van der Waals surface area contributed by atoms with Gasteiger partial charge in [0.05, 0.1) is 0 Å². The van der Waals surface area contributed by atoms with E-state index in [4.69, 9.17) is 0 Å². The molecule has 4 rings (SSSR count). The first-order valence-electron chi connectivity index (χ1n) is 10.9. The van der Waals surface area contributed by atoms with E-state index in [0.717, 1.165) is 16.6 Å². The third-order valence-corrected chi connectivity index (χ3v) is 15.0. The molecule has 1 heteroatoms. The second kappa shape index (κ2) is 6.98. The first kappa shape index (κ1) is 16.9. The van der Waals surface area contributed by atoms with Crippen LogP contribution in [-0.2, 0) is 0 Å². The van der Waals surface area contributed by atoms with Crippen molar-refractivity contribution in [2.75, 3.05) is 0 Å². The molecule has 1 aliphatic heterocycles. The summed E-state index contributed by atoms with van der Waals surface area (Å²) in [5.74, 6) is 0. The van der Waals surface area contributed by atoms with Crippen LogP contribution in [0.2, 0.25) is 11.1 Å². The Morgan fingerprint density at radius 1 is 0.875 bits per heavy atom. The van der Waals surface area contributed by atoms with Crippen molar-refractivity contribution in [1.82, 2.24) is 0 Å². The minimum absolute atomic E-state index is 1.00. The van der Waals surface area contributed by atoms with Crippen LogP contribution in [0, 0.1) is 6.92 Å². The summed E-state index contributed by atoms with van der Waals surface area (Å²) >= 11 is 0. The maximum atomic E-state index is 2.51. The van der Waals surface area contributed by atoms with Gasteiger partial charge in [-0.3, -0.25) is 0 Å². The van der Waals surface area contributed by atoms with Gasteiger partial charge in [-0.05, 0) is 35.5 Å². The number of rotatable bonds is 4. The summed E-state index contributed by atoms with van der Waals surface area (Å²) in [7, 11) is -1.36. The molecule has 0 bridgehead atoms. The second-order valence-electron chi connectivity index (χ2n) is 8.98. The molecule has 0 N–H and O–H groups in total. The molecule has 2 saturated carbocycles. The van der Waals surface area contributed by atoms with E-state index in [1.807, 2.05) is 5.19 Å². The van der Waals surface area contributed by atoms with Gasteiger partial charge in [-0.25, -0.2) is 0 Å². The van der Waals surface area contributed by atoms with E-state index >= 15 is 0 Å². The smallest absolute Gasteiger partial charge is 0.0654 e. The van der Waals surface area contributed by atoms with Gasteiger partial charge in [-0.1, -0.05) is 107 Å². The Bertz CT molecular complexity index is 545. The van der Waals surface area contributed by atoms with Crippen molar-refractivity contribution in [2.24, 2.45) is 0 Å². The number of hydrogen-bond acceptors (Lipinski definition) is 0. The maximum Gasteiger partial charge on any atom is 0.101 e. The lowest BCUT2D eigenvalue weighted by atomic mass is 9.98. The number of benzene rings is 1. The number of aryl methyl sites for hydroxylation is 1. The average Bonchev–Trinajstić information content (AvgIpc) is 2.63. The Morgan fingerprint density at radius 3 is 2.00 bits per heavy atom. The van der Waals surface area contributed by atoms with Crippen LogP contribution in [-0.4, -0.2) is 8.07 Å². The number of hydrogen-bond donors (Lipinski definition) is 0. The molecule has 1 aromatic rings. The molecule has 132 valence electrons. The lowest BCUT2D eigenvalue weighted by Gasteiger charge is -2.60. The summed E-state index contributed by atoms with van der Waals surface area (Å²) in [5, 5.41) is 1.97. The van der Waals surface area contributed by atoms with Crippen LogP contribution < -0.4 is 5.19 Å². The molecule has 2 aliphatic carbocycles. The normalized spacial score (nSPS) is 27.5. The zero-order valence-electron chi connectivity index (χ0n) is 15.9. The fraction of sp³-hybridized carbons (Fsp3) is 0.739. The topological polar surface area (TPSA) is 0 Å². The first-order valence-corrected chi connectivity index (χ1v) is 13.1. The molecule has 3 aliphatic rings. The van der Waals surface area contributed by atoms with E-state index in [2.05, 4.69) is 32.0 Å². The SMILES string of the molecule is CCCC1c2cccc(C)c2[Si]1(C1CCCCC1)C1CCCCC1. The van der Waals surface area contributed by atoms with Crippen molar-refractivity contribution in [2.45, 2.75) is 108 Å². The summed E-state index contributed by atoms with van der Waals surface area (Å²) < 4.78 is 0. The van der Waals surface area contributed by atoms with Gasteiger partial charge in [0.1, 0.15) is 8.07 Å². The predicted octanol–water partition coefficient (Wildman–Crippen LogP) is 6.76. The summed E-state index contributed by atoms with van der Waals surface area (Å²) in [5.41, 5.74) is 6.70. The molecule has 24 heavy (non-hydrogen) atoms. The van der Waals surface area contributed by atoms with Crippen molar-refractivity contribution in [3.8, 4) is 0 Å². The maximum absolute atomic E-state index is 2.51. The Balaban J connectivity index is 1.82. The Kier molecular flexibility index (Phi) is 4.91. The highest BCUT2D eigenvalue weighted by atomic mass is 28.3. The van der Waals surface area contributed by atoms with E-state index in [1.165, 1.54) is 51.4 Å². The fourth-order valence-corrected chi connectivity index (χ4v) is 15.6. The zero-order valence-corrected chi connectivity index (χ0v) is 16.9. The fourth-order valence-electron chi connectivity index (χ4n) is 7.08. The van der Waals surface area contributed by atoms with Crippen LogP contribution in [0.1, 0.15) is 101 Å². The highest BCUT2D eigenvalue weighted by molar-refractivity contribution is 6.99. The highest BCUT2D eigenvalue weighted by Gasteiger charge is 2.61. The van der Waals surface area contributed by atoms with Gasteiger partial charge < -0.3 is 0 Å². The molecule has 0 aromatic heterocycles. The van der Waals surface area contributed by atoms with Crippen LogP contribution in [0.3, 0.4) is 0 Å². The van der Waals surface area contributed by atoms with Gasteiger partial charge >= 0.3 is 0 Å². The molecule has 2 fully saturated rings. The zero-order chi connectivity index (χ0) is 16.6. The van der Waals surface area contributed by atoms with Gasteiger partial charge in [0.2, 0.25) is 0 Å². The molecule has 0 amide bonds. The van der Waals surface area contributed by atoms with E-state index in [9.17, 15) is 0 Å². The summed E-state index contributed by atoms with van der Waals surface area (Å²) in [6.45, 7) is 4.86. The summed E-state index contributed by atoms with van der Waals surface area (Å²) in [6, 6.07) is 7.30. The van der Waals surface area contributed by atoms with Crippen molar-refractivity contribution >= 4 is 13.3 Å². The van der Waals surface area contributed by atoms with E-state index < -0.39 is 8.07 Å². The molecule has 1 heterocycles. The Labute approximate surface area is 150 Å². The summed E-state index contributed by atoms with van der Waals surface area (Å²) in [4.78, 5) is 0. The van der Waals surface area contributed by atoms with Crippen molar-refractivity contribution in [3.63, 3.8) is 0 Å². The summed E-state index contributed by atoms with van der Waals surface area (Å²) in [6.07, 6.45) is 18.2. The molecule has 0 spiro atoms. The van der Waals surface area contributed by atoms with Crippen molar-refractivity contribution in [1.29, 1.82) is 0 Å². The molecule has 1 unspecified atom stereocenters. The van der Waals surface area contributed by atoms with Gasteiger partial charge in [0.25, 0.3) is 0 Å². The largest absolute Gasteiger partial charge is 0.101 e. The monoisotopic (exact) mass is 340 g/mol. The van der Waals surface area contributed by atoms with Crippen LogP contribution in [0.5, 0.6) is 0 Å². The standard InChI is InChI=1S/C23H36Si/c1-3-11-22-21-17-10-12-18(2)23(21)24(22,19-13-6-4-7-14-19)20-15-8-5-9-16-20/h10,12,17,19-20,22H,3-9,11,13-16H2,1-2H3. The van der Waals surface area contributed by atoms with Gasteiger partial charge in [0, 0.05) is 0 Å². The minimum Gasteiger partial charge on any atom is -0.0654 e. The molecule has 0 nitrogen and oxygen atoms in total. The Hall–Kier alpha value is -0.563. The molecular weight excluding hydrogens is 304 g/mol. The van der Waals surface area contributed by atoms with Gasteiger partial charge in [0.15, 0.2) is 0 Å². The molecule has 0 saturated heterocycles. The minimum atomic E-state index is -1.36. The second-order valence-corrected chi connectivity index (χ2v) is 13.7. The van der Waals surface area contributed by atoms with Gasteiger partial charge in [-0.2, -0.15) is 0 Å². The predicted molar refractivity (Wildman–Crippen MR) is 108 cm³/mol. The van der Waals surface area contributed by atoms with Gasteiger partial charge in [-0.15, -0.1) is 0 Å². The van der Waals surface area contributed by atoms with Crippen LogP contribution in [0.4, 0.5) is 0 Å². The van der Waals surface area contributed by atoms with E-state index in [-0.39, 0.29) is 0 Å².